The van der Waals surface area contributed by atoms with Crippen molar-refractivity contribution in [2.24, 2.45) is 10.8 Å². The maximum atomic E-state index is 11.5. The number of rotatable bonds is 10. The van der Waals surface area contributed by atoms with Crippen LogP contribution < -0.4 is 0 Å². The van der Waals surface area contributed by atoms with Gasteiger partial charge in [0.1, 0.15) is 24.4 Å². The molecule has 1 heterocycles. The van der Waals surface area contributed by atoms with E-state index in [9.17, 15) is 24.8 Å². The Hall–Kier alpha value is -0.130. The molecule has 11 heteroatoms. The predicted molar refractivity (Wildman–Crippen MR) is 105 cm³/mol. The molecule has 4 N–H and O–H groups in total. The van der Waals surface area contributed by atoms with Gasteiger partial charge in [-0.15, -0.1) is 0 Å². The van der Waals surface area contributed by atoms with Crippen molar-refractivity contribution in [1.82, 2.24) is 0 Å². The Bertz CT molecular complexity index is 728. The summed E-state index contributed by atoms with van der Waals surface area (Å²) in [6.07, 6.45) is -0.660. The second-order valence-corrected chi connectivity index (χ2v) is 12.6. The topological polar surface area (TPSA) is 144 Å². The quantitative estimate of drug-likeness (QED) is 0.330. The largest absolute Gasteiger partial charge is 0.394 e. The van der Waals surface area contributed by atoms with E-state index in [-0.39, 0.29) is 23.0 Å². The van der Waals surface area contributed by atoms with Gasteiger partial charge in [0.15, 0.2) is 6.29 Å². The van der Waals surface area contributed by atoms with Crippen LogP contribution in [0.3, 0.4) is 0 Å². The number of aliphatic hydroxyl groups excluding tert-OH is 3. The van der Waals surface area contributed by atoms with Crippen molar-refractivity contribution in [2.45, 2.75) is 80.4 Å². The van der Waals surface area contributed by atoms with Crippen LogP contribution in [0.2, 0.25) is 0 Å². The molecule has 0 amide bonds. The van der Waals surface area contributed by atoms with E-state index in [0.29, 0.717) is 25.9 Å². The highest BCUT2D eigenvalue weighted by Crippen LogP contribution is 2.72. The Morgan fingerprint density at radius 1 is 0.968 bits per heavy atom. The Morgan fingerprint density at radius 2 is 1.52 bits per heavy atom. The Kier molecular flexibility index (Phi) is 5.25. The van der Waals surface area contributed by atoms with E-state index in [4.69, 9.17) is 23.5 Å². The van der Waals surface area contributed by atoms with Crippen LogP contribution in [0.25, 0.3) is 0 Å². The van der Waals surface area contributed by atoms with Gasteiger partial charge in [-0.05, 0) is 38.5 Å². The molecule has 6 aliphatic carbocycles. The molecule has 10 nitrogen and oxygen atoms in total. The second kappa shape index (κ2) is 7.18. The van der Waals surface area contributed by atoms with Crippen LogP contribution in [-0.4, -0.2) is 95.7 Å². The predicted octanol–water partition coefficient (Wildman–Crippen LogP) is 0.151. The van der Waals surface area contributed by atoms with Gasteiger partial charge in [0.05, 0.1) is 31.0 Å². The van der Waals surface area contributed by atoms with Gasteiger partial charge in [0, 0.05) is 24.6 Å². The Labute approximate surface area is 181 Å². The summed E-state index contributed by atoms with van der Waals surface area (Å²) in [6.45, 7) is 1.46. The molecule has 0 radical (unpaired) electrons. The normalized spacial score (nSPS) is 54.1. The molecule has 0 aromatic carbocycles. The maximum absolute atomic E-state index is 11.5. The smallest absolute Gasteiger partial charge is 0.325 e. The number of aliphatic hydroxyl groups is 3. The minimum atomic E-state index is -3.54. The lowest BCUT2D eigenvalue weighted by Crippen LogP contribution is -2.71. The lowest BCUT2D eigenvalue weighted by Gasteiger charge is -2.69. The summed E-state index contributed by atoms with van der Waals surface area (Å²) in [5, 5.41) is 30.9. The molecule has 4 bridgehead atoms. The van der Waals surface area contributed by atoms with E-state index in [1.807, 2.05) is 0 Å². The van der Waals surface area contributed by atoms with E-state index in [2.05, 4.69) is 0 Å². The third kappa shape index (κ3) is 3.73. The zero-order chi connectivity index (χ0) is 22.3. The van der Waals surface area contributed by atoms with Gasteiger partial charge < -0.3 is 43.7 Å². The third-order valence-electron chi connectivity index (χ3n) is 7.94. The molecule has 31 heavy (non-hydrogen) atoms. The van der Waals surface area contributed by atoms with E-state index in [1.165, 1.54) is 6.66 Å². The number of ether oxygens (including phenoxy) is 4. The first-order chi connectivity index (χ1) is 14.5. The zero-order valence-corrected chi connectivity index (χ0v) is 18.8. The number of hydrogen-bond acceptors (Lipinski definition) is 9. The third-order valence-corrected chi connectivity index (χ3v) is 8.66. The molecule has 7 fully saturated rings. The first kappa shape index (κ1) is 22.7. The van der Waals surface area contributed by atoms with Crippen molar-refractivity contribution in [3.63, 3.8) is 0 Å². The highest BCUT2D eigenvalue weighted by atomic mass is 31.2. The number of methoxy groups -OCH3 is 1. The fourth-order valence-corrected chi connectivity index (χ4v) is 7.60. The summed E-state index contributed by atoms with van der Waals surface area (Å²) in [6, 6.07) is 0. The molecule has 0 spiro atoms. The van der Waals surface area contributed by atoms with Gasteiger partial charge in [0.2, 0.25) is 0 Å². The summed E-state index contributed by atoms with van der Waals surface area (Å²) < 4.78 is 39.8. The van der Waals surface area contributed by atoms with Crippen molar-refractivity contribution in [1.29, 1.82) is 0 Å². The fraction of sp³-hybridized carbons (Fsp3) is 1.00. The van der Waals surface area contributed by atoms with Crippen molar-refractivity contribution < 1.29 is 48.2 Å². The summed E-state index contributed by atoms with van der Waals surface area (Å²) in [4.78, 5) is 9.45. The van der Waals surface area contributed by atoms with Crippen molar-refractivity contribution in [3.05, 3.63) is 0 Å². The first-order valence-electron chi connectivity index (χ1n) is 10.9. The average molecular weight is 464 g/mol. The highest BCUT2D eigenvalue weighted by Gasteiger charge is 2.71. The van der Waals surface area contributed by atoms with Crippen LogP contribution in [0.15, 0.2) is 0 Å². The monoisotopic (exact) mass is 464 g/mol. The maximum Gasteiger partial charge on any atom is 0.325 e. The Morgan fingerprint density at radius 3 is 2.03 bits per heavy atom. The molecule has 178 valence electrons. The molecule has 7 rings (SSSR count). The molecule has 6 atom stereocenters. The summed E-state index contributed by atoms with van der Waals surface area (Å²) in [7, 11) is -1.82. The summed E-state index contributed by atoms with van der Waals surface area (Å²) >= 11 is 0. The van der Waals surface area contributed by atoms with E-state index in [1.54, 1.807) is 7.11 Å². The molecular weight excluding hydrogens is 431 g/mol. The summed E-state index contributed by atoms with van der Waals surface area (Å²) in [5.74, 6) is 0. The Balaban J connectivity index is 1.14. The molecule has 6 saturated carbocycles. The van der Waals surface area contributed by atoms with Crippen molar-refractivity contribution >= 4 is 7.60 Å². The van der Waals surface area contributed by atoms with Crippen LogP contribution >= 0.6 is 7.60 Å². The van der Waals surface area contributed by atoms with Gasteiger partial charge in [-0.2, -0.15) is 0 Å². The minimum Gasteiger partial charge on any atom is -0.394 e. The molecular formula is C20H33O10P. The first-order valence-corrected chi connectivity index (χ1v) is 12.9. The van der Waals surface area contributed by atoms with Gasteiger partial charge >= 0.3 is 7.60 Å². The fourth-order valence-electron chi connectivity index (χ4n) is 6.69. The van der Waals surface area contributed by atoms with Crippen LogP contribution in [0.4, 0.5) is 0 Å². The minimum absolute atomic E-state index is 0.00377. The molecule has 0 aromatic heterocycles. The molecule has 7 aliphatic rings. The lowest BCUT2D eigenvalue weighted by atomic mass is 9.41. The zero-order valence-electron chi connectivity index (χ0n) is 17.9. The van der Waals surface area contributed by atoms with E-state index < -0.39 is 50.5 Å². The molecule has 1 aliphatic heterocycles. The molecule has 1 saturated heterocycles. The van der Waals surface area contributed by atoms with Gasteiger partial charge in [-0.3, -0.25) is 4.57 Å². The van der Waals surface area contributed by atoms with Crippen LogP contribution in [0, 0.1) is 10.8 Å². The second-order valence-electron chi connectivity index (χ2n) is 10.8. The standard InChI is InChI=1S/C20H33O10P/c1-26-19-4-17(5-19,6-19)11-28-16-14(23)15(13(22)12(3-21)29-16)27-10-18-7-20(8-18,9-18)30-31(2,24)25/h12-16,21-23H,3-11H2,1-2H3,(H,24,25). The summed E-state index contributed by atoms with van der Waals surface area (Å²) in [5.41, 5.74) is -0.656. The SMILES string of the molecule is COC12CC(COC3OC(CO)C(O)C(OCC45CC(OP(C)(=O)O)(C4)C5)C3O)(C1)C2. The average Bonchev–Trinajstić information content (AvgIpc) is 2.56. The van der Waals surface area contributed by atoms with Gasteiger partial charge in [-0.25, -0.2) is 0 Å². The molecule has 6 unspecified atom stereocenters. The van der Waals surface area contributed by atoms with Crippen molar-refractivity contribution in [3.8, 4) is 0 Å². The van der Waals surface area contributed by atoms with Crippen LogP contribution in [-0.2, 0) is 28.0 Å². The van der Waals surface area contributed by atoms with Crippen molar-refractivity contribution in [2.75, 3.05) is 33.6 Å². The lowest BCUT2D eigenvalue weighted by molar-refractivity contribution is -0.348. The van der Waals surface area contributed by atoms with E-state index >= 15 is 0 Å². The highest BCUT2D eigenvalue weighted by molar-refractivity contribution is 7.51. The van der Waals surface area contributed by atoms with Gasteiger partial charge in [0.25, 0.3) is 0 Å². The number of hydrogen-bond donors (Lipinski definition) is 4. The van der Waals surface area contributed by atoms with Crippen LogP contribution in [0.5, 0.6) is 0 Å². The van der Waals surface area contributed by atoms with Gasteiger partial charge in [-0.1, -0.05) is 0 Å². The van der Waals surface area contributed by atoms with E-state index in [0.717, 1.165) is 19.3 Å². The molecule has 0 aromatic rings. The van der Waals surface area contributed by atoms with Crippen LogP contribution in [0.1, 0.15) is 38.5 Å².